The van der Waals surface area contributed by atoms with Gasteiger partial charge in [0.25, 0.3) is 0 Å². The van der Waals surface area contributed by atoms with Crippen molar-refractivity contribution in [3.8, 4) is 5.75 Å². The molecule has 0 fully saturated rings. The van der Waals surface area contributed by atoms with E-state index in [-0.39, 0.29) is 5.75 Å². The molecule has 0 radical (unpaired) electrons. The first kappa shape index (κ1) is 15.8. The topological polar surface area (TPSA) is 70.4 Å². The number of nitrogens with one attached hydrogen (secondary N) is 1. The number of nitrogens with zero attached hydrogens (tertiary/aromatic N) is 3. The summed E-state index contributed by atoms with van der Waals surface area (Å²) >= 11 is 4.94. The van der Waals surface area contributed by atoms with Crippen LogP contribution in [0.15, 0.2) is 51.0 Å². The molecule has 1 heterocycles. The monoisotopic (exact) mass is 388 g/mol. The van der Waals surface area contributed by atoms with Gasteiger partial charge in [0.2, 0.25) is 0 Å². The number of hydrogen-bond donors (Lipinski definition) is 2. The maximum Gasteiger partial charge on any atom is 0.145 e. The molecule has 1 aromatic heterocycles. The van der Waals surface area contributed by atoms with Crippen LogP contribution in [0.3, 0.4) is 0 Å². The molecular weight excluding hydrogens is 376 g/mol. The fraction of sp³-hybridized carbons (Fsp3) is 0.0625. The van der Waals surface area contributed by atoms with Gasteiger partial charge < -0.3 is 10.4 Å². The summed E-state index contributed by atoms with van der Waals surface area (Å²) in [5.74, 6) is 0.665. The predicted octanol–water partition coefficient (Wildman–Crippen LogP) is 4.90. The lowest BCUT2D eigenvalue weighted by Crippen LogP contribution is -1.96. The summed E-state index contributed by atoms with van der Waals surface area (Å²) in [6.45, 7) is 3.57. The molecule has 0 amide bonds. The second-order valence-electron chi connectivity index (χ2n) is 4.71. The Labute approximate surface area is 146 Å². The van der Waals surface area contributed by atoms with Gasteiger partial charge in [-0.2, -0.15) is 0 Å². The van der Waals surface area contributed by atoms with Gasteiger partial charge in [-0.1, -0.05) is 15.9 Å². The molecule has 2 N–H and O–H groups in total. The van der Waals surface area contributed by atoms with E-state index in [9.17, 15) is 5.11 Å². The van der Waals surface area contributed by atoms with E-state index in [4.69, 9.17) is 0 Å². The number of rotatable bonds is 4. The molecule has 0 atom stereocenters. The number of phenols is 1. The van der Waals surface area contributed by atoms with Crippen LogP contribution in [-0.4, -0.2) is 28.0 Å². The van der Waals surface area contributed by atoms with Crippen LogP contribution in [0, 0.1) is 0 Å². The minimum Gasteiger partial charge on any atom is -0.507 e. The van der Waals surface area contributed by atoms with Gasteiger partial charge in [0.1, 0.15) is 17.9 Å². The molecule has 23 heavy (non-hydrogen) atoms. The van der Waals surface area contributed by atoms with Gasteiger partial charge in [-0.15, -0.1) is 11.8 Å². The van der Waals surface area contributed by atoms with Crippen LogP contribution in [0.4, 0.5) is 17.2 Å². The highest BCUT2D eigenvalue weighted by Gasteiger charge is 2.11. The molecule has 0 aliphatic rings. The maximum atomic E-state index is 10.2. The first-order valence-corrected chi connectivity index (χ1v) is 8.69. The summed E-state index contributed by atoms with van der Waals surface area (Å²) in [7, 11) is 0. The number of benzene rings is 2. The fourth-order valence-electron chi connectivity index (χ4n) is 2.25. The second kappa shape index (κ2) is 6.55. The van der Waals surface area contributed by atoms with Crippen LogP contribution >= 0.6 is 27.7 Å². The highest BCUT2D eigenvalue weighted by molar-refractivity contribution is 9.10. The third kappa shape index (κ3) is 3.16. The molecule has 0 aliphatic carbocycles. The Morgan fingerprint density at radius 1 is 1.26 bits per heavy atom. The average molecular weight is 389 g/mol. The Bertz CT molecular complexity index is 901. The molecule has 0 unspecified atom stereocenters. The third-order valence-electron chi connectivity index (χ3n) is 3.29. The van der Waals surface area contributed by atoms with Crippen LogP contribution in [0.2, 0.25) is 0 Å². The van der Waals surface area contributed by atoms with E-state index in [0.717, 1.165) is 20.7 Å². The van der Waals surface area contributed by atoms with Crippen LogP contribution < -0.4 is 5.32 Å². The predicted molar refractivity (Wildman–Crippen MR) is 99.6 cm³/mol. The third-order valence-corrected chi connectivity index (χ3v) is 4.52. The normalized spacial score (nSPS) is 10.7. The molecule has 3 aromatic rings. The molecule has 5 nitrogen and oxygen atoms in total. The van der Waals surface area contributed by atoms with Crippen molar-refractivity contribution in [3.05, 3.63) is 41.1 Å². The van der Waals surface area contributed by atoms with Crippen molar-refractivity contribution in [1.29, 1.82) is 0 Å². The van der Waals surface area contributed by atoms with Gasteiger partial charge in [-0.3, -0.25) is 4.99 Å². The molecular formula is C16H13BrN4OS. The Kier molecular flexibility index (Phi) is 4.49. The molecule has 2 aromatic carbocycles. The zero-order chi connectivity index (χ0) is 16.4. The van der Waals surface area contributed by atoms with E-state index in [0.29, 0.717) is 16.7 Å². The van der Waals surface area contributed by atoms with Crippen LogP contribution in [0.5, 0.6) is 5.75 Å². The molecule has 0 spiro atoms. The van der Waals surface area contributed by atoms with E-state index in [1.807, 2.05) is 30.5 Å². The summed E-state index contributed by atoms with van der Waals surface area (Å²) in [5.41, 5.74) is 2.34. The van der Waals surface area contributed by atoms with Gasteiger partial charge in [0.15, 0.2) is 0 Å². The van der Waals surface area contributed by atoms with Crippen molar-refractivity contribution in [2.24, 2.45) is 4.99 Å². The number of hydrogen-bond acceptors (Lipinski definition) is 6. The lowest BCUT2D eigenvalue weighted by Gasteiger charge is -2.11. The number of anilines is 2. The van der Waals surface area contributed by atoms with E-state index in [2.05, 4.69) is 42.9 Å². The number of halogens is 1. The summed E-state index contributed by atoms with van der Waals surface area (Å²) in [6.07, 6.45) is 3.45. The van der Waals surface area contributed by atoms with Crippen molar-refractivity contribution in [1.82, 2.24) is 9.97 Å². The lowest BCUT2D eigenvalue weighted by atomic mass is 10.2. The van der Waals surface area contributed by atoms with Crippen LogP contribution in [0.1, 0.15) is 0 Å². The minimum atomic E-state index is 0.118. The maximum absolute atomic E-state index is 10.2. The van der Waals surface area contributed by atoms with E-state index < -0.39 is 0 Å². The Morgan fingerprint density at radius 2 is 2.09 bits per heavy atom. The van der Waals surface area contributed by atoms with E-state index in [1.54, 1.807) is 17.8 Å². The van der Waals surface area contributed by atoms with Crippen molar-refractivity contribution >= 4 is 62.5 Å². The molecule has 0 saturated heterocycles. The number of fused-ring (bicyclic) bond motifs is 1. The second-order valence-corrected chi connectivity index (χ2v) is 6.47. The van der Waals surface area contributed by atoms with E-state index >= 15 is 0 Å². The molecule has 3 rings (SSSR count). The van der Waals surface area contributed by atoms with Gasteiger partial charge in [-0.05, 0) is 43.3 Å². The molecule has 7 heteroatoms. The lowest BCUT2D eigenvalue weighted by molar-refractivity contribution is 0.481. The van der Waals surface area contributed by atoms with Crippen LogP contribution in [0.25, 0.3) is 10.9 Å². The zero-order valence-electron chi connectivity index (χ0n) is 12.2. The number of thioether (sulfide) groups is 1. The first-order chi connectivity index (χ1) is 11.1. The fourth-order valence-corrected chi connectivity index (χ4v) is 3.27. The highest BCUT2D eigenvalue weighted by atomic mass is 79.9. The smallest absolute Gasteiger partial charge is 0.145 e. The number of aliphatic imine (C=N–C) groups is 1. The summed E-state index contributed by atoms with van der Waals surface area (Å²) < 4.78 is 0.762. The highest BCUT2D eigenvalue weighted by Crippen LogP contribution is 2.35. The average Bonchev–Trinajstić information content (AvgIpc) is 2.54. The summed E-state index contributed by atoms with van der Waals surface area (Å²) in [6, 6.07) is 9.21. The van der Waals surface area contributed by atoms with Crippen molar-refractivity contribution in [3.63, 3.8) is 0 Å². The molecule has 0 bridgehead atoms. The largest absolute Gasteiger partial charge is 0.507 e. The van der Waals surface area contributed by atoms with Gasteiger partial charge in [-0.25, -0.2) is 9.97 Å². The van der Waals surface area contributed by atoms with Crippen LogP contribution in [-0.2, 0) is 0 Å². The number of phenolic OH excluding ortho intramolecular Hbond substituents is 1. The summed E-state index contributed by atoms with van der Waals surface area (Å²) in [5, 5.41) is 14.0. The van der Waals surface area contributed by atoms with Crippen molar-refractivity contribution in [2.45, 2.75) is 4.90 Å². The summed E-state index contributed by atoms with van der Waals surface area (Å²) in [4.78, 5) is 13.5. The zero-order valence-corrected chi connectivity index (χ0v) is 14.6. The Morgan fingerprint density at radius 3 is 2.83 bits per heavy atom. The van der Waals surface area contributed by atoms with Gasteiger partial charge in [0, 0.05) is 15.1 Å². The van der Waals surface area contributed by atoms with Gasteiger partial charge in [0.05, 0.1) is 16.6 Å². The SMILES string of the molecule is C=Nc1ccc(Nc2ncnc3cc(Br)cc(O)c23)cc1SC. The Balaban J connectivity index is 2.07. The standard InChI is InChI=1S/C16H13BrN4OS/c1-18-11-4-3-10(7-14(11)23-2)21-16-15-12(19-8-20-16)5-9(17)6-13(15)22/h3-8,22H,1H2,2H3,(H,19,20,21). The number of aromatic nitrogens is 2. The van der Waals surface area contributed by atoms with Gasteiger partial charge >= 0.3 is 0 Å². The molecule has 0 saturated carbocycles. The van der Waals surface area contributed by atoms with Crippen molar-refractivity contribution < 1.29 is 5.11 Å². The van der Waals surface area contributed by atoms with Crippen molar-refractivity contribution in [2.75, 3.05) is 11.6 Å². The first-order valence-electron chi connectivity index (χ1n) is 6.67. The quantitative estimate of drug-likeness (QED) is 0.491. The van der Waals surface area contributed by atoms with E-state index in [1.165, 1.54) is 6.33 Å². The number of aromatic hydroxyl groups is 1. The minimum absolute atomic E-state index is 0.118. The molecule has 0 aliphatic heterocycles. The Hall–Kier alpha value is -2.12. The molecule has 116 valence electrons.